The second-order valence-electron chi connectivity index (χ2n) is 8.55. The van der Waals surface area contributed by atoms with Gasteiger partial charge < -0.3 is 0 Å². The van der Waals surface area contributed by atoms with Crippen molar-refractivity contribution in [3.63, 3.8) is 0 Å². The smallest absolute Gasteiger partial charge is 0.160 e. The second kappa shape index (κ2) is 9.04. The summed E-state index contributed by atoms with van der Waals surface area (Å²) in [6.07, 6.45) is 0. The van der Waals surface area contributed by atoms with Crippen LogP contribution in [0.5, 0.6) is 0 Å². The molecule has 0 spiro atoms. The van der Waals surface area contributed by atoms with Crippen LogP contribution >= 0.6 is 0 Å². The van der Waals surface area contributed by atoms with Crippen molar-refractivity contribution < 1.29 is 16.8 Å². The molecule has 0 aliphatic carbocycles. The number of benzene rings is 4. The minimum atomic E-state index is -1.22. The third-order valence-corrected chi connectivity index (χ3v) is 8.23. The summed E-state index contributed by atoms with van der Waals surface area (Å²) >= 11 is -2.45. The van der Waals surface area contributed by atoms with Gasteiger partial charge in [0.1, 0.15) is 0 Å². The second-order valence-corrected chi connectivity index (χ2v) is 10.8. The Balaban J connectivity index is 1.32. The normalized spacial score (nSPS) is 19.3. The molecule has 0 N–H and O–H groups in total. The van der Waals surface area contributed by atoms with Gasteiger partial charge in [-0.25, -0.2) is 8.42 Å². The van der Waals surface area contributed by atoms with E-state index in [2.05, 4.69) is 84.9 Å². The van der Waals surface area contributed by atoms with E-state index in [1.165, 1.54) is 0 Å². The minimum absolute atomic E-state index is 0.388. The molecule has 0 aromatic heterocycles. The van der Waals surface area contributed by atoms with Crippen LogP contribution in [-0.2, 0) is 55.2 Å². The van der Waals surface area contributed by atoms with Crippen LogP contribution in [0.3, 0.4) is 0 Å². The summed E-state index contributed by atoms with van der Waals surface area (Å²) in [6, 6.07) is 29.7. The number of hydrogen-bond acceptors (Lipinski definition) is 4. The Morgan fingerprint density at radius 3 is 1.26 bits per heavy atom. The minimum Gasteiger partial charge on any atom is -0.285 e. The molecular formula is C28H22O4S2. The fraction of sp³-hybridized carbons (Fsp3) is 0.143. The molecule has 6 heteroatoms. The van der Waals surface area contributed by atoms with Crippen molar-refractivity contribution in [2.45, 2.75) is 24.7 Å². The van der Waals surface area contributed by atoms with Gasteiger partial charge in [-0.2, -0.15) is 0 Å². The molecule has 34 heavy (non-hydrogen) atoms. The maximum atomic E-state index is 11.7. The first-order valence-corrected chi connectivity index (χ1v) is 13.6. The van der Waals surface area contributed by atoms with Gasteiger partial charge in [0.05, 0.1) is 24.7 Å². The summed E-state index contributed by atoms with van der Waals surface area (Å²) in [6.45, 7) is 0.776. The standard InChI is InChI=1S/C28H22O4S2/c29-33-17-25-9-7-23(13-27(25)15-31-33)21-5-1-3-19(11-21)20-4-2-6-22(12-20)24-8-10-26-18-34(30)32-16-28(26)14-24/h1-14H,15-18H2. The predicted octanol–water partition coefficient (Wildman–Crippen LogP) is 6.08. The summed E-state index contributed by atoms with van der Waals surface area (Å²) in [4.78, 5) is 0. The van der Waals surface area contributed by atoms with Gasteiger partial charge in [0.15, 0.2) is 22.2 Å². The largest absolute Gasteiger partial charge is 0.285 e. The molecule has 2 unspecified atom stereocenters. The molecule has 2 atom stereocenters. The van der Waals surface area contributed by atoms with Gasteiger partial charge in [-0.05, 0) is 79.9 Å². The van der Waals surface area contributed by atoms with Crippen molar-refractivity contribution in [3.8, 4) is 33.4 Å². The zero-order valence-electron chi connectivity index (χ0n) is 18.4. The van der Waals surface area contributed by atoms with Crippen LogP contribution in [0.15, 0.2) is 84.9 Å². The van der Waals surface area contributed by atoms with Crippen LogP contribution < -0.4 is 0 Å². The lowest BCUT2D eigenvalue weighted by Crippen LogP contribution is -2.10. The summed E-state index contributed by atoms with van der Waals surface area (Å²) in [5, 5.41) is 0. The van der Waals surface area contributed by atoms with E-state index < -0.39 is 22.2 Å². The van der Waals surface area contributed by atoms with E-state index in [-0.39, 0.29) is 0 Å². The Labute approximate surface area is 203 Å². The fourth-order valence-corrected chi connectivity index (χ4v) is 6.27. The van der Waals surface area contributed by atoms with Crippen molar-refractivity contribution in [1.82, 2.24) is 0 Å². The molecule has 0 bridgehead atoms. The van der Waals surface area contributed by atoms with Crippen LogP contribution in [0.25, 0.3) is 33.4 Å². The fourth-order valence-electron chi connectivity index (χ4n) is 4.51. The van der Waals surface area contributed by atoms with E-state index in [0.717, 1.165) is 55.6 Å². The number of rotatable bonds is 3. The van der Waals surface area contributed by atoms with Crippen LogP contribution in [0.1, 0.15) is 22.3 Å². The molecule has 0 saturated carbocycles. The highest BCUT2D eigenvalue weighted by Crippen LogP contribution is 2.33. The van der Waals surface area contributed by atoms with Gasteiger partial charge >= 0.3 is 0 Å². The monoisotopic (exact) mass is 486 g/mol. The lowest BCUT2D eigenvalue weighted by Gasteiger charge is -2.17. The lowest BCUT2D eigenvalue weighted by atomic mass is 9.94. The van der Waals surface area contributed by atoms with Crippen molar-refractivity contribution in [3.05, 3.63) is 107 Å². The van der Waals surface area contributed by atoms with Crippen LogP contribution in [0.2, 0.25) is 0 Å². The van der Waals surface area contributed by atoms with Gasteiger partial charge in [0, 0.05) is 0 Å². The highest BCUT2D eigenvalue weighted by atomic mass is 32.2. The Kier molecular flexibility index (Phi) is 5.75. The topological polar surface area (TPSA) is 52.6 Å². The van der Waals surface area contributed by atoms with Crippen LogP contribution in [-0.4, -0.2) is 8.42 Å². The molecule has 2 aliphatic rings. The zero-order chi connectivity index (χ0) is 23.1. The molecule has 4 aromatic rings. The molecule has 2 aliphatic heterocycles. The molecule has 4 nitrogen and oxygen atoms in total. The summed E-state index contributed by atoms with van der Waals surface area (Å²) in [7, 11) is 0. The highest BCUT2D eigenvalue weighted by molar-refractivity contribution is 7.79. The molecule has 6 rings (SSSR count). The lowest BCUT2D eigenvalue weighted by molar-refractivity contribution is 0.327. The van der Waals surface area contributed by atoms with Gasteiger partial charge in [-0.15, -0.1) is 0 Å². The van der Waals surface area contributed by atoms with Gasteiger partial charge in [-0.3, -0.25) is 8.37 Å². The van der Waals surface area contributed by atoms with Gasteiger partial charge in [-0.1, -0.05) is 60.7 Å². The first kappa shape index (κ1) is 21.6. The van der Waals surface area contributed by atoms with E-state index in [1.807, 2.05) is 0 Å². The molecule has 0 amide bonds. The molecule has 2 heterocycles. The summed E-state index contributed by atoms with van der Waals surface area (Å²) in [5.41, 5.74) is 11.2. The van der Waals surface area contributed by atoms with Gasteiger partial charge in [0.2, 0.25) is 0 Å². The first-order chi connectivity index (χ1) is 16.6. The Morgan fingerprint density at radius 2 is 0.853 bits per heavy atom. The molecule has 4 aromatic carbocycles. The molecule has 0 fully saturated rings. The van der Waals surface area contributed by atoms with Crippen molar-refractivity contribution in [2.24, 2.45) is 0 Å². The van der Waals surface area contributed by atoms with Crippen molar-refractivity contribution in [2.75, 3.05) is 0 Å². The summed E-state index contributed by atoms with van der Waals surface area (Å²) < 4.78 is 34.0. The molecular weight excluding hydrogens is 464 g/mol. The predicted molar refractivity (Wildman–Crippen MR) is 136 cm³/mol. The average molecular weight is 487 g/mol. The third kappa shape index (κ3) is 4.30. The Bertz CT molecular complexity index is 1350. The first-order valence-electron chi connectivity index (χ1n) is 11.1. The van der Waals surface area contributed by atoms with Gasteiger partial charge in [0.25, 0.3) is 0 Å². The van der Waals surface area contributed by atoms with Crippen molar-refractivity contribution >= 4 is 22.2 Å². The average Bonchev–Trinajstić information content (AvgIpc) is 2.88. The molecule has 0 radical (unpaired) electrons. The number of hydrogen-bond donors (Lipinski definition) is 0. The van der Waals surface area contributed by atoms with E-state index >= 15 is 0 Å². The van der Waals surface area contributed by atoms with E-state index in [0.29, 0.717) is 24.7 Å². The molecule has 170 valence electrons. The van der Waals surface area contributed by atoms with E-state index in [1.54, 1.807) is 0 Å². The quantitative estimate of drug-likeness (QED) is 0.352. The van der Waals surface area contributed by atoms with E-state index in [9.17, 15) is 8.42 Å². The van der Waals surface area contributed by atoms with E-state index in [4.69, 9.17) is 8.37 Å². The Hall–Kier alpha value is -2.90. The highest BCUT2D eigenvalue weighted by Gasteiger charge is 2.17. The maximum absolute atomic E-state index is 11.7. The maximum Gasteiger partial charge on any atom is 0.160 e. The van der Waals surface area contributed by atoms with Crippen LogP contribution in [0, 0.1) is 0 Å². The summed E-state index contributed by atoms with van der Waals surface area (Å²) in [5.74, 6) is 0.907. The SMILES string of the molecule is O=S1Cc2ccc(-c3cccc(-c4cccc(-c5ccc6c(c5)COS(=O)C6)c4)c3)cc2CO1. The Morgan fingerprint density at radius 1 is 0.471 bits per heavy atom. The number of fused-ring (bicyclic) bond motifs is 2. The van der Waals surface area contributed by atoms with Crippen LogP contribution in [0.4, 0.5) is 0 Å². The molecule has 0 saturated heterocycles. The zero-order valence-corrected chi connectivity index (χ0v) is 20.0. The third-order valence-electron chi connectivity index (χ3n) is 6.38. The van der Waals surface area contributed by atoms with Crippen molar-refractivity contribution in [1.29, 1.82) is 0 Å².